The lowest BCUT2D eigenvalue weighted by Gasteiger charge is -2.30. The van der Waals surface area contributed by atoms with Crippen LogP contribution in [-0.4, -0.2) is 79.1 Å². The van der Waals surface area contributed by atoms with Gasteiger partial charge in [-0.25, -0.2) is 0 Å². The van der Waals surface area contributed by atoms with Crippen LogP contribution in [0.25, 0.3) is 0 Å². The summed E-state index contributed by atoms with van der Waals surface area (Å²) in [6.45, 7) is 13.5. The number of nitrogens with one attached hydrogen (secondary N) is 3. The number of allylic oxidation sites excluding steroid dienone is 1. The molecule has 1 unspecified atom stereocenters. The van der Waals surface area contributed by atoms with Crippen LogP contribution in [0.3, 0.4) is 0 Å². The van der Waals surface area contributed by atoms with Crippen LogP contribution in [0.2, 0.25) is 0 Å². The predicted molar refractivity (Wildman–Crippen MR) is 143 cm³/mol. The molecule has 1 aromatic rings. The number of nitrogens with zero attached hydrogens (tertiary/aromatic N) is 4. The van der Waals surface area contributed by atoms with Crippen molar-refractivity contribution in [3.63, 3.8) is 0 Å². The number of piperidine rings is 1. The van der Waals surface area contributed by atoms with E-state index in [0.717, 1.165) is 48.7 Å². The summed E-state index contributed by atoms with van der Waals surface area (Å²) in [6, 6.07) is -0.112. The smallest absolute Gasteiger partial charge is 0.272 e. The molecule has 196 valence electrons. The maximum Gasteiger partial charge on any atom is 0.272 e. The Morgan fingerprint density at radius 3 is 2.80 bits per heavy atom. The number of carbonyl (C=O) groups is 1. The number of amides is 1. The Kier molecular flexibility index (Phi) is 12.7. The molecule has 1 aromatic heterocycles. The van der Waals surface area contributed by atoms with Crippen molar-refractivity contribution in [1.29, 1.82) is 5.41 Å². The van der Waals surface area contributed by atoms with Crippen molar-refractivity contribution in [1.82, 2.24) is 25.3 Å². The molecule has 0 saturated carbocycles. The highest BCUT2D eigenvalue weighted by Crippen LogP contribution is 2.19. The molecule has 0 aromatic carbocycles. The average Bonchev–Trinajstić information content (AvgIpc) is 3.14. The number of methoxy groups -OCH3 is 1. The third-order valence-electron chi connectivity index (χ3n) is 6.51. The summed E-state index contributed by atoms with van der Waals surface area (Å²) in [5, 5.41) is 18.1. The Morgan fingerprint density at radius 2 is 2.11 bits per heavy atom. The van der Waals surface area contributed by atoms with Crippen molar-refractivity contribution in [2.24, 2.45) is 18.0 Å². The lowest BCUT2D eigenvalue weighted by Crippen LogP contribution is -2.36. The summed E-state index contributed by atoms with van der Waals surface area (Å²) >= 11 is 0. The molecule has 1 atom stereocenters. The normalized spacial score (nSPS) is 15.9. The third-order valence-corrected chi connectivity index (χ3v) is 6.51. The highest BCUT2D eigenvalue weighted by atomic mass is 16.5. The van der Waals surface area contributed by atoms with Gasteiger partial charge in [0.15, 0.2) is 5.69 Å². The molecule has 9 heteroatoms. The van der Waals surface area contributed by atoms with E-state index < -0.39 is 0 Å². The Labute approximate surface area is 210 Å². The molecule has 0 bridgehead atoms. The molecule has 35 heavy (non-hydrogen) atoms. The van der Waals surface area contributed by atoms with Crippen LogP contribution in [-0.2, 0) is 24.8 Å². The Morgan fingerprint density at radius 1 is 1.37 bits per heavy atom. The number of ether oxygens (including phenoxy) is 1. The molecule has 1 saturated heterocycles. The largest absolute Gasteiger partial charge is 0.383 e. The zero-order chi connectivity index (χ0) is 25.6. The van der Waals surface area contributed by atoms with Crippen molar-refractivity contribution >= 4 is 18.5 Å². The van der Waals surface area contributed by atoms with Crippen LogP contribution in [0.4, 0.5) is 0 Å². The van der Waals surface area contributed by atoms with E-state index in [1.165, 1.54) is 32.1 Å². The molecule has 3 N–H and O–H groups in total. The first-order valence-electron chi connectivity index (χ1n) is 12.8. The van der Waals surface area contributed by atoms with Crippen LogP contribution >= 0.6 is 0 Å². The molecular weight excluding hydrogens is 442 g/mol. The monoisotopic (exact) mass is 487 g/mol. The topological polar surface area (TPSA) is 108 Å². The molecule has 0 aliphatic carbocycles. The molecule has 1 aliphatic heterocycles. The maximum absolute atomic E-state index is 12.9. The van der Waals surface area contributed by atoms with E-state index in [1.807, 2.05) is 14.0 Å². The molecule has 9 nitrogen and oxygen atoms in total. The Hall–Kier alpha value is -2.52. The number of aryl methyl sites for hydroxylation is 1. The highest BCUT2D eigenvalue weighted by molar-refractivity contribution is 5.94. The zero-order valence-electron chi connectivity index (χ0n) is 22.1. The van der Waals surface area contributed by atoms with Crippen LogP contribution < -0.4 is 10.6 Å². The summed E-state index contributed by atoms with van der Waals surface area (Å²) in [4.78, 5) is 20.0. The fourth-order valence-corrected chi connectivity index (χ4v) is 4.35. The van der Waals surface area contributed by atoms with E-state index in [9.17, 15) is 4.79 Å². The number of aliphatic imine (C=N–C) groups is 1. The molecular formula is C26H45N7O2. The van der Waals surface area contributed by atoms with Crippen LogP contribution in [0.5, 0.6) is 0 Å². The number of carbonyl (C=O) groups excluding carboxylic acids is 1. The zero-order valence-corrected chi connectivity index (χ0v) is 22.1. The van der Waals surface area contributed by atoms with Gasteiger partial charge in [-0.3, -0.25) is 14.5 Å². The van der Waals surface area contributed by atoms with Crippen molar-refractivity contribution in [2.75, 3.05) is 39.9 Å². The van der Waals surface area contributed by atoms with Gasteiger partial charge in [0.05, 0.1) is 25.2 Å². The van der Waals surface area contributed by atoms with E-state index >= 15 is 0 Å². The molecule has 2 heterocycles. The van der Waals surface area contributed by atoms with Gasteiger partial charge >= 0.3 is 0 Å². The van der Waals surface area contributed by atoms with Crippen LogP contribution in [0.1, 0.15) is 67.7 Å². The first kappa shape index (κ1) is 28.7. The number of rotatable bonds is 16. The second kappa shape index (κ2) is 15.5. The lowest BCUT2D eigenvalue weighted by atomic mass is 9.99. The second-order valence-electron chi connectivity index (χ2n) is 9.69. The average molecular weight is 488 g/mol. The standard InChI is InChI=1S/C26H45N7O2/c1-20-10-14-33(15-11-20)13-7-12-28-19-29-17-24-23(9-6-8-21(2)16-27)25(31-32(24)4)26(34)30-22(3)18-35-5/h16,19-20,22,27H,2,6-15,17-18H2,1,3-5H3,(H,28,29)(H,30,34). The van der Waals surface area contributed by atoms with Crippen molar-refractivity contribution in [3.05, 3.63) is 29.1 Å². The summed E-state index contributed by atoms with van der Waals surface area (Å²) in [6.07, 6.45) is 8.94. The summed E-state index contributed by atoms with van der Waals surface area (Å²) in [5.41, 5.74) is 3.04. The quantitative estimate of drug-likeness (QED) is 0.189. The van der Waals surface area contributed by atoms with Gasteiger partial charge in [-0.05, 0) is 76.6 Å². The van der Waals surface area contributed by atoms with E-state index in [4.69, 9.17) is 10.1 Å². The third kappa shape index (κ3) is 9.93. The van der Waals surface area contributed by atoms with Gasteiger partial charge in [0, 0.05) is 38.5 Å². The van der Waals surface area contributed by atoms with Crippen molar-refractivity contribution in [2.45, 2.75) is 65.0 Å². The van der Waals surface area contributed by atoms with Gasteiger partial charge in [-0.1, -0.05) is 13.5 Å². The number of aromatic nitrogens is 2. The summed E-state index contributed by atoms with van der Waals surface area (Å²) in [5.74, 6) is 0.662. The summed E-state index contributed by atoms with van der Waals surface area (Å²) in [7, 11) is 3.47. The minimum atomic E-state index is -0.202. The summed E-state index contributed by atoms with van der Waals surface area (Å²) < 4.78 is 6.89. The molecule has 1 aliphatic rings. The minimum absolute atomic E-state index is 0.112. The molecule has 0 radical (unpaired) electrons. The highest BCUT2D eigenvalue weighted by Gasteiger charge is 2.22. The number of hydrogen-bond acceptors (Lipinski definition) is 6. The van der Waals surface area contributed by atoms with E-state index in [-0.39, 0.29) is 11.9 Å². The molecule has 2 rings (SSSR count). The Balaban J connectivity index is 1.93. The van der Waals surface area contributed by atoms with E-state index in [2.05, 4.69) is 39.1 Å². The lowest BCUT2D eigenvalue weighted by molar-refractivity contribution is 0.0899. The molecule has 1 amide bonds. The molecule has 1 fully saturated rings. The maximum atomic E-state index is 12.9. The van der Waals surface area contributed by atoms with Gasteiger partial charge in [-0.15, -0.1) is 0 Å². The van der Waals surface area contributed by atoms with Crippen molar-refractivity contribution in [3.8, 4) is 0 Å². The van der Waals surface area contributed by atoms with Gasteiger partial charge in [0.2, 0.25) is 0 Å². The van der Waals surface area contributed by atoms with Crippen LogP contribution in [0, 0.1) is 11.3 Å². The first-order chi connectivity index (χ1) is 16.8. The number of hydrogen-bond donors (Lipinski definition) is 3. The van der Waals surface area contributed by atoms with E-state index in [0.29, 0.717) is 31.7 Å². The van der Waals surface area contributed by atoms with Crippen LogP contribution in [0.15, 0.2) is 17.1 Å². The van der Waals surface area contributed by atoms with E-state index in [1.54, 1.807) is 18.1 Å². The second-order valence-corrected chi connectivity index (χ2v) is 9.69. The van der Waals surface area contributed by atoms with Gasteiger partial charge in [0.1, 0.15) is 0 Å². The SMILES string of the molecule is C=C(C=N)CCCc1c(C(=O)NC(C)COC)nn(C)c1CN=CNCCCN1CCC(C)CC1. The predicted octanol–water partition coefficient (Wildman–Crippen LogP) is 2.95. The fourth-order valence-electron chi connectivity index (χ4n) is 4.35. The number of likely N-dealkylation sites (tertiary alicyclic amines) is 1. The Bertz CT molecular complexity index is 841. The van der Waals surface area contributed by atoms with Gasteiger partial charge in [-0.2, -0.15) is 5.10 Å². The fraction of sp³-hybridized carbons (Fsp3) is 0.692. The van der Waals surface area contributed by atoms with Crippen molar-refractivity contribution < 1.29 is 9.53 Å². The minimum Gasteiger partial charge on any atom is -0.383 e. The first-order valence-corrected chi connectivity index (χ1v) is 12.8. The molecule has 0 spiro atoms. The van der Waals surface area contributed by atoms with Gasteiger partial charge < -0.3 is 25.7 Å². The van der Waals surface area contributed by atoms with Gasteiger partial charge in [0.25, 0.3) is 5.91 Å².